The standard InChI is InChI=1S/C12H15N5O3S/c13-16-8(18)9-14-7(6-21-9)5-17-10(19)12(15-11(17)20)3-1-2-4-12/h6H,1-5,13H2,(H,15,20)(H,16,18). The molecular formula is C12H15N5O3S. The Bertz CT molecular complexity index is 608. The van der Waals surface area contributed by atoms with Gasteiger partial charge >= 0.3 is 6.03 Å². The molecule has 21 heavy (non-hydrogen) atoms. The number of amides is 4. The Hall–Kier alpha value is -2.00. The average Bonchev–Trinajstić information content (AvgIpc) is 3.17. The Morgan fingerprint density at radius 3 is 2.86 bits per heavy atom. The van der Waals surface area contributed by atoms with Crippen molar-refractivity contribution in [2.24, 2.45) is 5.84 Å². The number of nitrogens with two attached hydrogens (primary N) is 1. The molecule has 2 aliphatic rings. The lowest BCUT2D eigenvalue weighted by atomic mass is 9.98. The summed E-state index contributed by atoms with van der Waals surface area (Å²) in [7, 11) is 0. The van der Waals surface area contributed by atoms with E-state index in [2.05, 4.69) is 10.3 Å². The van der Waals surface area contributed by atoms with E-state index in [0.29, 0.717) is 18.5 Å². The van der Waals surface area contributed by atoms with Crippen molar-refractivity contribution in [3.8, 4) is 0 Å². The highest BCUT2D eigenvalue weighted by molar-refractivity contribution is 7.11. The van der Waals surface area contributed by atoms with E-state index < -0.39 is 11.4 Å². The molecule has 4 N–H and O–H groups in total. The lowest BCUT2D eigenvalue weighted by Crippen LogP contribution is -2.44. The van der Waals surface area contributed by atoms with E-state index >= 15 is 0 Å². The second-order valence-electron chi connectivity index (χ2n) is 5.23. The Kier molecular flexibility index (Phi) is 3.38. The third-order valence-electron chi connectivity index (χ3n) is 3.90. The van der Waals surface area contributed by atoms with Crippen molar-refractivity contribution in [2.45, 2.75) is 37.8 Å². The van der Waals surface area contributed by atoms with Gasteiger partial charge in [-0.1, -0.05) is 12.8 Å². The third kappa shape index (κ3) is 2.28. The number of urea groups is 1. The molecule has 9 heteroatoms. The maximum absolute atomic E-state index is 12.5. The number of aromatic nitrogens is 1. The van der Waals surface area contributed by atoms with Gasteiger partial charge in [0, 0.05) is 5.38 Å². The van der Waals surface area contributed by atoms with Gasteiger partial charge in [0.25, 0.3) is 11.8 Å². The van der Waals surface area contributed by atoms with Crippen LogP contribution in [0.5, 0.6) is 0 Å². The first kappa shape index (κ1) is 14.0. The van der Waals surface area contributed by atoms with Gasteiger partial charge in [0.1, 0.15) is 5.54 Å². The molecule has 1 aromatic rings. The van der Waals surface area contributed by atoms with Gasteiger partial charge in [-0.15, -0.1) is 11.3 Å². The molecule has 1 aromatic heterocycles. The zero-order valence-electron chi connectivity index (χ0n) is 11.2. The van der Waals surface area contributed by atoms with Crippen molar-refractivity contribution in [1.82, 2.24) is 20.6 Å². The molecule has 0 aromatic carbocycles. The average molecular weight is 309 g/mol. The van der Waals surface area contributed by atoms with Crippen LogP contribution in [0.15, 0.2) is 5.38 Å². The molecule has 8 nitrogen and oxygen atoms in total. The maximum Gasteiger partial charge on any atom is 0.325 e. The fourth-order valence-corrected chi connectivity index (χ4v) is 3.56. The molecule has 2 heterocycles. The fourth-order valence-electron chi connectivity index (χ4n) is 2.84. The number of hydrogen-bond donors (Lipinski definition) is 3. The Morgan fingerprint density at radius 2 is 2.19 bits per heavy atom. The highest BCUT2D eigenvalue weighted by Crippen LogP contribution is 2.35. The van der Waals surface area contributed by atoms with Crippen molar-refractivity contribution in [1.29, 1.82) is 0 Å². The van der Waals surface area contributed by atoms with E-state index in [1.807, 2.05) is 5.43 Å². The van der Waals surface area contributed by atoms with Crippen molar-refractivity contribution in [2.75, 3.05) is 0 Å². The summed E-state index contributed by atoms with van der Waals surface area (Å²) < 4.78 is 0. The first-order valence-corrected chi connectivity index (χ1v) is 7.53. The number of imide groups is 1. The highest BCUT2D eigenvalue weighted by atomic mass is 32.1. The van der Waals surface area contributed by atoms with Crippen molar-refractivity contribution in [3.05, 3.63) is 16.1 Å². The summed E-state index contributed by atoms with van der Waals surface area (Å²) in [6.07, 6.45) is 3.26. The number of carbonyl (C=O) groups is 3. The summed E-state index contributed by atoms with van der Waals surface area (Å²) in [4.78, 5) is 41.1. The van der Waals surface area contributed by atoms with E-state index in [0.717, 1.165) is 24.2 Å². The minimum Gasteiger partial charge on any atom is -0.323 e. The topological polar surface area (TPSA) is 117 Å². The normalized spacial score (nSPS) is 20.1. The summed E-state index contributed by atoms with van der Waals surface area (Å²) in [5, 5.41) is 4.65. The van der Waals surface area contributed by atoms with Crippen LogP contribution in [0.3, 0.4) is 0 Å². The van der Waals surface area contributed by atoms with Gasteiger partial charge in [0.2, 0.25) is 0 Å². The molecular weight excluding hydrogens is 294 g/mol. The second-order valence-corrected chi connectivity index (χ2v) is 6.09. The maximum atomic E-state index is 12.5. The third-order valence-corrected chi connectivity index (χ3v) is 4.79. The second kappa shape index (κ2) is 5.08. The largest absolute Gasteiger partial charge is 0.325 e. The van der Waals surface area contributed by atoms with Crippen LogP contribution in [0.4, 0.5) is 4.79 Å². The van der Waals surface area contributed by atoms with Crippen LogP contribution in [0, 0.1) is 0 Å². The molecule has 1 saturated heterocycles. The van der Waals surface area contributed by atoms with E-state index in [9.17, 15) is 14.4 Å². The molecule has 1 aliphatic carbocycles. The number of hydrogen-bond acceptors (Lipinski definition) is 6. The van der Waals surface area contributed by atoms with Gasteiger partial charge in [-0.2, -0.15) is 0 Å². The number of rotatable bonds is 3. The van der Waals surface area contributed by atoms with Gasteiger partial charge < -0.3 is 5.32 Å². The van der Waals surface area contributed by atoms with Crippen LogP contribution in [0.2, 0.25) is 0 Å². The molecule has 112 valence electrons. The van der Waals surface area contributed by atoms with Crippen LogP contribution < -0.4 is 16.6 Å². The molecule has 3 rings (SSSR count). The van der Waals surface area contributed by atoms with E-state index in [4.69, 9.17) is 5.84 Å². The van der Waals surface area contributed by atoms with Crippen molar-refractivity contribution < 1.29 is 14.4 Å². The quantitative estimate of drug-likeness (QED) is 0.317. The van der Waals surface area contributed by atoms with Crippen LogP contribution in [-0.2, 0) is 11.3 Å². The van der Waals surface area contributed by atoms with E-state index in [1.54, 1.807) is 5.38 Å². The summed E-state index contributed by atoms with van der Waals surface area (Å²) in [6.45, 7) is 0.0702. The van der Waals surface area contributed by atoms with Crippen LogP contribution in [0.25, 0.3) is 0 Å². The Balaban J connectivity index is 1.76. The fraction of sp³-hybridized carbons (Fsp3) is 0.500. The monoisotopic (exact) mass is 309 g/mol. The molecule has 0 unspecified atom stereocenters. The lowest BCUT2D eigenvalue weighted by molar-refractivity contribution is -0.131. The number of thiazole rings is 1. The van der Waals surface area contributed by atoms with Gasteiger partial charge in [-0.25, -0.2) is 15.6 Å². The smallest absolute Gasteiger partial charge is 0.323 e. The molecule has 1 spiro atoms. The van der Waals surface area contributed by atoms with Gasteiger partial charge in [0.05, 0.1) is 12.2 Å². The Labute approximate surface area is 124 Å². The van der Waals surface area contributed by atoms with Crippen LogP contribution in [0.1, 0.15) is 41.2 Å². The van der Waals surface area contributed by atoms with E-state index in [1.165, 1.54) is 4.90 Å². The van der Waals surface area contributed by atoms with E-state index in [-0.39, 0.29) is 23.5 Å². The first-order chi connectivity index (χ1) is 10.1. The van der Waals surface area contributed by atoms with Crippen molar-refractivity contribution >= 4 is 29.2 Å². The first-order valence-electron chi connectivity index (χ1n) is 6.65. The molecule has 1 aliphatic heterocycles. The van der Waals surface area contributed by atoms with Crippen molar-refractivity contribution in [3.63, 3.8) is 0 Å². The van der Waals surface area contributed by atoms with Gasteiger partial charge in [-0.05, 0) is 12.8 Å². The Morgan fingerprint density at radius 1 is 1.48 bits per heavy atom. The van der Waals surface area contributed by atoms with Crippen LogP contribution >= 0.6 is 11.3 Å². The number of nitrogens with zero attached hydrogens (tertiary/aromatic N) is 2. The number of carbonyl (C=O) groups excluding carboxylic acids is 3. The number of nitrogen functional groups attached to an aromatic ring is 1. The zero-order chi connectivity index (χ0) is 15.0. The summed E-state index contributed by atoms with van der Waals surface area (Å²) >= 11 is 1.12. The summed E-state index contributed by atoms with van der Waals surface area (Å²) in [6, 6.07) is -0.389. The SMILES string of the molecule is NNC(=O)c1nc(CN2C(=O)NC3(CCCC3)C2=O)cs1. The molecule has 1 saturated carbocycles. The van der Waals surface area contributed by atoms with Gasteiger partial charge in [0.15, 0.2) is 5.01 Å². The zero-order valence-corrected chi connectivity index (χ0v) is 12.0. The molecule has 0 radical (unpaired) electrons. The summed E-state index contributed by atoms with van der Waals surface area (Å²) in [5.41, 5.74) is 1.77. The minimum absolute atomic E-state index is 0.0702. The number of hydrazine groups is 1. The van der Waals surface area contributed by atoms with Gasteiger partial charge in [-0.3, -0.25) is 19.9 Å². The molecule has 0 bridgehead atoms. The predicted octanol–water partition coefficient (Wildman–Crippen LogP) is 0.111. The highest BCUT2D eigenvalue weighted by Gasteiger charge is 2.52. The minimum atomic E-state index is -0.718. The molecule has 0 atom stereocenters. The number of nitrogens with one attached hydrogen (secondary N) is 2. The lowest BCUT2D eigenvalue weighted by Gasteiger charge is -2.19. The van der Waals surface area contributed by atoms with Crippen LogP contribution in [-0.4, -0.2) is 33.3 Å². The molecule has 2 fully saturated rings. The predicted molar refractivity (Wildman–Crippen MR) is 74.0 cm³/mol. The summed E-state index contributed by atoms with van der Waals surface area (Å²) in [5.74, 6) is 4.36. The molecule has 4 amide bonds.